The van der Waals surface area contributed by atoms with Crippen LogP contribution in [0.3, 0.4) is 0 Å². The topological polar surface area (TPSA) is 44.4 Å². The maximum atomic E-state index is 14.2. The molecule has 1 atom stereocenters. The highest BCUT2D eigenvalue weighted by Crippen LogP contribution is 2.32. The number of piperidine rings is 1. The van der Waals surface area contributed by atoms with Crippen molar-refractivity contribution in [2.75, 3.05) is 31.7 Å². The standard InChI is InChI=1S/C27H36FN3OS/c1-6-20-17-22(19(2)30-24-9-7-8-10-25(24)33-5)21(23(18-20)26(32)29-4)11-14-31-15-12-27(3,28)13-16-31/h7-11,14,17-19,30H,6,12-13,15-16H2,1-5H3,(H,29,32)/b14-11+/t19-/m1/s1. The summed E-state index contributed by atoms with van der Waals surface area (Å²) >= 11 is 1.71. The van der Waals surface area contributed by atoms with Crippen LogP contribution in [0.1, 0.15) is 66.7 Å². The zero-order valence-corrected chi connectivity index (χ0v) is 21.2. The molecule has 0 radical (unpaired) electrons. The predicted octanol–water partition coefficient (Wildman–Crippen LogP) is 6.30. The van der Waals surface area contributed by atoms with Gasteiger partial charge in [0.2, 0.25) is 0 Å². The summed E-state index contributed by atoms with van der Waals surface area (Å²) in [5.74, 6) is -0.0992. The van der Waals surface area contributed by atoms with Crippen molar-refractivity contribution < 1.29 is 9.18 Å². The maximum absolute atomic E-state index is 14.2. The summed E-state index contributed by atoms with van der Waals surface area (Å²) in [5.41, 5.74) is 3.76. The number of alkyl halides is 1. The summed E-state index contributed by atoms with van der Waals surface area (Å²) < 4.78 is 14.2. The van der Waals surface area contributed by atoms with E-state index in [0.29, 0.717) is 31.5 Å². The number of carbonyl (C=O) groups is 1. The minimum absolute atomic E-state index is 0.0108. The van der Waals surface area contributed by atoms with Gasteiger partial charge in [-0.15, -0.1) is 11.8 Å². The third-order valence-corrected chi connectivity index (χ3v) is 7.19. The number of nitrogens with zero attached hydrogens (tertiary/aromatic N) is 1. The number of anilines is 1. The lowest BCUT2D eigenvalue weighted by atomic mass is 9.91. The number of carbonyl (C=O) groups excluding carboxylic acids is 1. The molecule has 1 fully saturated rings. The first-order valence-corrected chi connectivity index (χ1v) is 12.9. The van der Waals surface area contributed by atoms with Crippen LogP contribution in [0.15, 0.2) is 47.5 Å². The number of para-hydroxylation sites is 1. The molecule has 1 heterocycles. The summed E-state index contributed by atoms with van der Waals surface area (Å²) in [5, 5.41) is 6.45. The lowest BCUT2D eigenvalue weighted by molar-refractivity contribution is 0.0960. The maximum Gasteiger partial charge on any atom is 0.251 e. The summed E-state index contributed by atoms with van der Waals surface area (Å²) in [6.45, 7) is 7.27. The Balaban J connectivity index is 2.00. The van der Waals surface area contributed by atoms with E-state index in [0.717, 1.165) is 28.8 Å². The number of thioether (sulfide) groups is 1. The largest absolute Gasteiger partial charge is 0.378 e. The van der Waals surface area contributed by atoms with Crippen molar-refractivity contribution in [2.24, 2.45) is 0 Å². The smallest absolute Gasteiger partial charge is 0.251 e. The van der Waals surface area contributed by atoms with Gasteiger partial charge in [0.1, 0.15) is 5.67 Å². The molecule has 1 aliphatic rings. The van der Waals surface area contributed by atoms with E-state index in [4.69, 9.17) is 0 Å². The van der Waals surface area contributed by atoms with E-state index >= 15 is 0 Å². The van der Waals surface area contributed by atoms with Gasteiger partial charge in [0.05, 0.1) is 0 Å². The van der Waals surface area contributed by atoms with E-state index in [1.165, 1.54) is 4.90 Å². The summed E-state index contributed by atoms with van der Waals surface area (Å²) in [4.78, 5) is 16.2. The fourth-order valence-corrected chi connectivity index (χ4v) is 4.76. The fourth-order valence-electron chi connectivity index (χ4n) is 4.20. The van der Waals surface area contributed by atoms with Gasteiger partial charge in [-0.1, -0.05) is 25.1 Å². The van der Waals surface area contributed by atoms with Crippen molar-refractivity contribution in [3.63, 3.8) is 0 Å². The van der Waals surface area contributed by atoms with Gasteiger partial charge >= 0.3 is 0 Å². The van der Waals surface area contributed by atoms with E-state index in [2.05, 4.69) is 53.8 Å². The normalized spacial score (nSPS) is 16.6. The average Bonchev–Trinajstić information content (AvgIpc) is 2.82. The molecule has 33 heavy (non-hydrogen) atoms. The van der Waals surface area contributed by atoms with E-state index < -0.39 is 5.67 Å². The van der Waals surface area contributed by atoms with Crippen molar-refractivity contribution in [3.05, 3.63) is 64.9 Å². The van der Waals surface area contributed by atoms with Crippen molar-refractivity contribution in [1.29, 1.82) is 0 Å². The second-order valence-electron chi connectivity index (χ2n) is 8.91. The quantitative estimate of drug-likeness (QED) is 0.446. The predicted molar refractivity (Wildman–Crippen MR) is 139 cm³/mol. The summed E-state index contributed by atoms with van der Waals surface area (Å²) in [6.07, 6.45) is 8.00. The monoisotopic (exact) mass is 469 g/mol. The number of nitrogens with one attached hydrogen (secondary N) is 2. The van der Waals surface area contributed by atoms with Crippen LogP contribution in [0.25, 0.3) is 6.08 Å². The second-order valence-corrected chi connectivity index (χ2v) is 9.76. The van der Waals surface area contributed by atoms with Crippen LogP contribution in [-0.4, -0.2) is 42.9 Å². The molecule has 0 aromatic heterocycles. The Hall–Kier alpha value is -2.47. The third kappa shape index (κ3) is 6.32. The van der Waals surface area contributed by atoms with Gasteiger partial charge in [0.15, 0.2) is 0 Å². The number of hydrogen-bond donors (Lipinski definition) is 2. The summed E-state index contributed by atoms with van der Waals surface area (Å²) in [6, 6.07) is 12.4. The Labute approximate surface area is 202 Å². The Morgan fingerprint density at radius 3 is 2.61 bits per heavy atom. The van der Waals surface area contributed by atoms with E-state index in [-0.39, 0.29) is 11.9 Å². The molecular weight excluding hydrogens is 433 g/mol. The van der Waals surface area contributed by atoms with Crippen molar-refractivity contribution >= 4 is 29.4 Å². The first-order valence-electron chi connectivity index (χ1n) is 11.7. The van der Waals surface area contributed by atoms with Crippen LogP contribution >= 0.6 is 11.8 Å². The van der Waals surface area contributed by atoms with E-state index in [9.17, 15) is 9.18 Å². The lowest BCUT2D eigenvalue weighted by Crippen LogP contribution is -2.37. The Morgan fingerprint density at radius 1 is 1.27 bits per heavy atom. The molecule has 4 nitrogen and oxygen atoms in total. The highest BCUT2D eigenvalue weighted by Gasteiger charge is 2.28. The number of amides is 1. The minimum atomic E-state index is -1.09. The van der Waals surface area contributed by atoms with Gasteiger partial charge in [-0.05, 0) is 86.5 Å². The molecule has 0 spiro atoms. The van der Waals surface area contributed by atoms with Crippen molar-refractivity contribution in [3.8, 4) is 0 Å². The molecular formula is C27H36FN3OS. The lowest BCUT2D eigenvalue weighted by Gasteiger charge is -2.33. The molecule has 0 unspecified atom stereocenters. The number of benzene rings is 2. The van der Waals surface area contributed by atoms with Crippen LogP contribution < -0.4 is 10.6 Å². The van der Waals surface area contributed by atoms with Crippen LogP contribution in [0.4, 0.5) is 10.1 Å². The number of rotatable bonds is 8. The molecule has 2 N–H and O–H groups in total. The number of likely N-dealkylation sites (tertiary alicyclic amines) is 1. The minimum Gasteiger partial charge on any atom is -0.378 e. The molecule has 1 amide bonds. The van der Waals surface area contributed by atoms with Gasteiger partial charge in [-0.25, -0.2) is 4.39 Å². The highest BCUT2D eigenvalue weighted by atomic mass is 32.2. The van der Waals surface area contributed by atoms with Crippen LogP contribution in [0.5, 0.6) is 0 Å². The first kappa shape index (κ1) is 25.2. The molecule has 1 aliphatic heterocycles. The van der Waals surface area contributed by atoms with Gasteiger partial charge < -0.3 is 15.5 Å². The van der Waals surface area contributed by atoms with Gasteiger partial charge in [0.25, 0.3) is 5.91 Å². The van der Waals surface area contributed by atoms with Gasteiger partial charge in [-0.2, -0.15) is 0 Å². The summed E-state index contributed by atoms with van der Waals surface area (Å²) in [7, 11) is 1.66. The number of hydrogen-bond acceptors (Lipinski definition) is 4. The van der Waals surface area contributed by atoms with E-state index in [1.54, 1.807) is 25.7 Å². The molecule has 2 aromatic carbocycles. The van der Waals surface area contributed by atoms with E-state index in [1.807, 2.05) is 30.5 Å². The Kier molecular flexibility index (Phi) is 8.46. The zero-order valence-electron chi connectivity index (χ0n) is 20.4. The van der Waals surface area contributed by atoms with Gasteiger partial charge in [-0.3, -0.25) is 4.79 Å². The number of aryl methyl sites for hydroxylation is 1. The fraction of sp³-hybridized carbons (Fsp3) is 0.444. The Morgan fingerprint density at radius 2 is 1.97 bits per heavy atom. The molecule has 0 saturated carbocycles. The second kappa shape index (κ2) is 11.1. The van der Waals surface area contributed by atoms with Crippen LogP contribution in [0.2, 0.25) is 0 Å². The Bertz CT molecular complexity index is 995. The SMILES string of the molecule is CCc1cc(C(=O)NC)c(/C=C/N2CCC(C)(F)CC2)c([C@@H](C)Nc2ccccc2SC)c1. The molecule has 0 bridgehead atoms. The third-order valence-electron chi connectivity index (χ3n) is 6.39. The molecule has 1 saturated heterocycles. The van der Waals surface area contributed by atoms with Crippen LogP contribution in [-0.2, 0) is 6.42 Å². The average molecular weight is 470 g/mol. The van der Waals surface area contributed by atoms with Crippen molar-refractivity contribution in [2.45, 2.75) is 56.6 Å². The molecule has 3 rings (SSSR count). The van der Waals surface area contributed by atoms with Crippen LogP contribution in [0, 0.1) is 0 Å². The van der Waals surface area contributed by atoms with Crippen molar-refractivity contribution in [1.82, 2.24) is 10.2 Å². The zero-order chi connectivity index (χ0) is 24.0. The molecule has 0 aliphatic carbocycles. The number of halogens is 1. The highest BCUT2D eigenvalue weighted by molar-refractivity contribution is 7.98. The molecule has 178 valence electrons. The van der Waals surface area contributed by atoms with Gasteiger partial charge in [0, 0.05) is 42.3 Å². The molecule has 2 aromatic rings. The first-order chi connectivity index (χ1) is 15.8. The molecule has 6 heteroatoms.